The first-order valence-corrected chi connectivity index (χ1v) is 5.96. The lowest BCUT2D eigenvalue weighted by Gasteiger charge is -2.09. The van der Waals surface area contributed by atoms with E-state index in [1.807, 2.05) is 30.3 Å². The summed E-state index contributed by atoms with van der Waals surface area (Å²) >= 11 is 0. The molecule has 3 heteroatoms. The highest BCUT2D eigenvalue weighted by atomic mass is 16.5. The molecule has 0 unspecified atom stereocenters. The van der Waals surface area contributed by atoms with E-state index in [4.69, 9.17) is 9.84 Å². The zero-order chi connectivity index (χ0) is 13.4. The maximum absolute atomic E-state index is 11.0. The fourth-order valence-electron chi connectivity index (χ4n) is 2.27. The van der Waals surface area contributed by atoms with Crippen molar-refractivity contribution in [2.24, 2.45) is 0 Å². The van der Waals surface area contributed by atoms with Gasteiger partial charge in [-0.2, -0.15) is 0 Å². The van der Waals surface area contributed by atoms with Crippen LogP contribution >= 0.6 is 0 Å². The van der Waals surface area contributed by atoms with Crippen molar-refractivity contribution in [3.05, 3.63) is 71.3 Å². The molecule has 0 bridgehead atoms. The molecule has 0 saturated heterocycles. The molecule has 1 aliphatic heterocycles. The zero-order valence-electron chi connectivity index (χ0n) is 10.2. The average molecular weight is 252 g/mol. The van der Waals surface area contributed by atoms with Gasteiger partial charge < -0.3 is 9.84 Å². The van der Waals surface area contributed by atoms with E-state index in [0.717, 1.165) is 22.4 Å². The minimum atomic E-state index is -0.947. The highest BCUT2D eigenvalue weighted by molar-refractivity contribution is 5.89. The third kappa shape index (κ3) is 1.99. The molecule has 2 aromatic carbocycles. The van der Waals surface area contributed by atoms with Crippen molar-refractivity contribution in [1.29, 1.82) is 0 Å². The first-order chi connectivity index (χ1) is 9.15. The van der Waals surface area contributed by atoms with Crippen LogP contribution in [0.15, 0.2) is 49.0 Å². The minimum absolute atomic E-state index is 0.245. The molecule has 3 rings (SSSR count). The van der Waals surface area contributed by atoms with E-state index in [1.165, 1.54) is 0 Å². The normalized spacial score (nSPS) is 12.9. The Balaban J connectivity index is 2.13. The van der Waals surface area contributed by atoms with Gasteiger partial charge in [-0.05, 0) is 29.3 Å². The van der Waals surface area contributed by atoms with E-state index < -0.39 is 5.97 Å². The third-order valence-electron chi connectivity index (χ3n) is 3.24. The van der Waals surface area contributed by atoms with Crippen LogP contribution in [0.3, 0.4) is 0 Å². The Morgan fingerprint density at radius 3 is 2.74 bits per heavy atom. The predicted octanol–water partition coefficient (Wildman–Crippen LogP) is 3.34. The summed E-state index contributed by atoms with van der Waals surface area (Å²) < 4.78 is 5.73. The number of fused-ring (bicyclic) bond motifs is 2. The van der Waals surface area contributed by atoms with Crippen molar-refractivity contribution in [1.82, 2.24) is 0 Å². The molecule has 1 aliphatic rings. The Hall–Kier alpha value is -2.55. The number of carboxylic acids is 1. The number of ether oxygens (including phenoxy) is 1. The number of para-hydroxylation sites is 1. The zero-order valence-corrected chi connectivity index (χ0v) is 10.2. The lowest BCUT2D eigenvalue weighted by Crippen LogP contribution is -2.01. The summed E-state index contributed by atoms with van der Waals surface area (Å²) in [5, 5.41) is 9.05. The van der Waals surface area contributed by atoms with Crippen LogP contribution in [0.2, 0.25) is 0 Å². The standard InChI is InChI=1S/C16H12O3/c1-10-14-9-13(16(17)18)7-6-11(14)8-12-4-2-3-5-15(12)19-10/h2-7,9H,1,8H2,(H,17,18). The smallest absolute Gasteiger partial charge is 0.335 e. The summed E-state index contributed by atoms with van der Waals surface area (Å²) in [6.07, 6.45) is 0.713. The third-order valence-corrected chi connectivity index (χ3v) is 3.24. The first-order valence-electron chi connectivity index (χ1n) is 5.96. The SMILES string of the molecule is C=C1Oc2ccccc2Cc2ccc(C(=O)O)cc21. The number of hydrogen-bond donors (Lipinski definition) is 1. The van der Waals surface area contributed by atoms with Crippen molar-refractivity contribution in [2.75, 3.05) is 0 Å². The topological polar surface area (TPSA) is 46.5 Å². The van der Waals surface area contributed by atoms with Crippen molar-refractivity contribution < 1.29 is 14.6 Å². The van der Waals surface area contributed by atoms with Crippen molar-refractivity contribution in [3.63, 3.8) is 0 Å². The highest BCUT2D eigenvalue weighted by Gasteiger charge is 2.18. The fraction of sp³-hybridized carbons (Fsp3) is 0.0625. The van der Waals surface area contributed by atoms with Gasteiger partial charge in [0.1, 0.15) is 11.5 Å². The summed E-state index contributed by atoms with van der Waals surface area (Å²) in [6, 6.07) is 12.8. The Kier molecular flexibility index (Phi) is 2.60. The predicted molar refractivity (Wildman–Crippen MR) is 72.3 cm³/mol. The number of rotatable bonds is 1. The van der Waals surface area contributed by atoms with E-state index in [0.29, 0.717) is 12.2 Å². The monoisotopic (exact) mass is 252 g/mol. The number of aromatic carboxylic acids is 1. The number of hydrogen-bond acceptors (Lipinski definition) is 2. The molecule has 0 fully saturated rings. The van der Waals surface area contributed by atoms with Crippen LogP contribution in [-0.4, -0.2) is 11.1 Å². The maximum atomic E-state index is 11.0. The molecule has 3 nitrogen and oxygen atoms in total. The molecule has 0 aliphatic carbocycles. The van der Waals surface area contributed by atoms with Gasteiger partial charge in [0, 0.05) is 12.0 Å². The van der Waals surface area contributed by atoms with Crippen molar-refractivity contribution >= 4 is 11.7 Å². The van der Waals surface area contributed by atoms with Crippen LogP contribution in [-0.2, 0) is 6.42 Å². The molecular weight excluding hydrogens is 240 g/mol. The number of benzene rings is 2. The van der Waals surface area contributed by atoms with Gasteiger partial charge in [-0.25, -0.2) is 4.79 Å². The van der Waals surface area contributed by atoms with E-state index in [1.54, 1.807) is 12.1 Å². The molecule has 0 radical (unpaired) electrons. The van der Waals surface area contributed by atoms with E-state index in [-0.39, 0.29) is 5.56 Å². The van der Waals surface area contributed by atoms with Gasteiger partial charge in [-0.15, -0.1) is 0 Å². The molecule has 0 amide bonds. The highest BCUT2D eigenvalue weighted by Crippen LogP contribution is 2.33. The first kappa shape index (κ1) is 11.5. The lowest BCUT2D eigenvalue weighted by atomic mass is 9.97. The molecule has 94 valence electrons. The van der Waals surface area contributed by atoms with Gasteiger partial charge >= 0.3 is 5.97 Å². The maximum Gasteiger partial charge on any atom is 0.335 e. The molecule has 0 atom stereocenters. The molecular formula is C16H12O3. The van der Waals surface area contributed by atoms with E-state index in [9.17, 15) is 4.79 Å². The van der Waals surface area contributed by atoms with Gasteiger partial charge in [0.15, 0.2) is 0 Å². The summed E-state index contributed by atoms with van der Waals surface area (Å²) in [5.41, 5.74) is 3.11. The van der Waals surface area contributed by atoms with Crippen LogP contribution in [0.4, 0.5) is 0 Å². The summed E-state index contributed by atoms with van der Waals surface area (Å²) in [5.74, 6) is 0.320. The summed E-state index contributed by atoms with van der Waals surface area (Å²) in [6.45, 7) is 3.90. The van der Waals surface area contributed by atoms with Crippen molar-refractivity contribution in [2.45, 2.75) is 6.42 Å². The summed E-state index contributed by atoms with van der Waals surface area (Å²) in [4.78, 5) is 11.0. The molecule has 1 N–H and O–H groups in total. The van der Waals surface area contributed by atoms with Gasteiger partial charge in [0.05, 0.1) is 5.56 Å². The number of carbonyl (C=O) groups is 1. The quantitative estimate of drug-likeness (QED) is 0.846. The van der Waals surface area contributed by atoms with Gasteiger partial charge in [-0.3, -0.25) is 0 Å². The van der Waals surface area contributed by atoms with Crippen LogP contribution in [0.1, 0.15) is 27.0 Å². The van der Waals surface area contributed by atoms with E-state index >= 15 is 0 Å². The fourth-order valence-corrected chi connectivity index (χ4v) is 2.27. The van der Waals surface area contributed by atoms with Gasteiger partial charge in [0.25, 0.3) is 0 Å². The van der Waals surface area contributed by atoms with Crippen LogP contribution in [0, 0.1) is 0 Å². The molecule has 0 aromatic heterocycles. The second kappa shape index (κ2) is 4.28. The molecule has 0 spiro atoms. The number of carboxylic acid groups (broad SMARTS) is 1. The molecule has 19 heavy (non-hydrogen) atoms. The van der Waals surface area contributed by atoms with Crippen LogP contribution in [0.25, 0.3) is 5.76 Å². The Bertz CT molecular complexity index is 686. The Labute approximate surface area is 110 Å². The Morgan fingerprint density at radius 1 is 1.16 bits per heavy atom. The molecule has 1 heterocycles. The largest absolute Gasteiger partial charge is 0.478 e. The van der Waals surface area contributed by atoms with Crippen LogP contribution < -0.4 is 4.74 Å². The average Bonchev–Trinajstić information content (AvgIpc) is 2.54. The summed E-state index contributed by atoms with van der Waals surface area (Å²) in [7, 11) is 0. The second-order valence-electron chi connectivity index (χ2n) is 4.49. The van der Waals surface area contributed by atoms with Gasteiger partial charge in [-0.1, -0.05) is 30.8 Å². The molecule has 0 saturated carbocycles. The minimum Gasteiger partial charge on any atom is -0.478 e. The molecule has 2 aromatic rings. The van der Waals surface area contributed by atoms with Crippen molar-refractivity contribution in [3.8, 4) is 5.75 Å². The second-order valence-corrected chi connectivity index (χ2v) is 4.49. The van der Waals surface area contributed by atoms with Crippen LogP contribution in [0.5, 0.6) is 5.75 Å². The van der Waals surface area contributed by atoms with E-state index in [2.05, 4.69) is 6.58 Å². The lowest BCUT2D eigenvalue weighted by molar-refractivity contribution is 0.0697. The Morgan fingerprint density at radius 2 is 1.95 bits per heavy atom. The van der Waals surface area contributed by atoms with Gasteiger partial charge in [0.2, 0.25) is 0 Å².